The normalized spacial score (nSPS) is 12.3. The zero-order chi connectivity index (χ0) is 19.9. The van der Waals surface area contributed by atoms with E-state index in [1.54, 1.807) is 24.3 Å². The summed E-state index contributed by atoms with van der Waals surface area (Å²) in [4.78, 5) is 21.1. The van der Waals surface area contributed by atoms with Crippen molar-refractivity contribution < 1.29 is 9.21 Å². The van der Waals surface area contributed by atoms with E-state index in [-0.39, 0.29) is 11.3 Å². The number of hydrogen-bond acceptors (Lipinski definition) is 4. The van der Waals surface area contributed by atoms with E-state index in [1.807, 2.05) is 49.6 Å². The molecule has 142 valence electrons. The lowest BCUT2D eigenvalue weighted by atomic mass is 9.97. The summed E-state index contributed by atoms with van der Waals surface area (Å²) in [7, 11) is 0. The van der Waals surface area contributed by atoms with Crippen molar-refractivity contribution in [1.82, 2.24) is 14.4 Å². The fourth-order valence-electron chi connectivity index (χ4n) is 2.80. The Labute approximate surface area is 166 Å². The first kappa shape index (κ1) is 18.3. The molecule has 3 aromatic heterocycles. The van der Waals surface area contributed by atoms with Gasteiger partial charge in [0.2, 0.25) is 11.8 Å². The molecule has 0 aliphatic heterocycles. The molecule has 0 bridgehead atoms. The van der Waals surface area contributed by atoms with Crippen molar-refractivity contribution in [1.29, 1.82) is 0 Å². The van der Waals surface area contributed by atoms with Crippen LogP contribution in [0.3, 0.4) is 0 Å². The van der Waals surface area contributed by atoms with Crippen LogP contribution in [0.2, 0.25) is 5.15 Å². The first-order chi connectivity index (χ1) is 13.3. The van der Waals surface area contributed by atoms with Gasteiger partial charge in [-0.15, -0.1) is 0 Å². The number of benzene rings is 1. The van der Waals surface area contributed by atoms with Crippen LogP contribution in [0, 0.1) is 0 Å². The standard InChI is InChI=1S/C21H19ClN4O2/c1-21(2,3)20-24-14-12-13(7-9-16(14)28-20)23-18(27)10-8-15-19(22)25-17-6-4-5-11-26(15)17/h4-12H,1-3H3,(H,23,27). The summed E-state index contributed by atoms with van der Waals surface area (Å²) in [6.45, 7) is 6.11. The topological polar surface area (TPSA) is 72.4 Å². The molecule has 0 unspecified atom stereocenters. The van der Waals surface area contributed by atoms with Crippen LogP contribution in [-0.4, -0.2) is 20.3 Å². The number of carbonyl (C=O) groups is 1. The van der Waals surface area contributed by atoms with Crippen molar-refractivity contribution in [2.45, 2.75) is 26.2 Å². The number of anilines is 1. The Morgan fingerprint density at radius 1 is 1.21 bits per heavy atom. The number of oxazole rings is 1. The molecule has 0 saturated carbocycles. The molecule has 28 heavy (non-hydrogen) atoms. The van der Waals surface area contributed by atoms with Gasteiger partial charge < -0.3 is 9.73 Å². The molecule has 0 spiro atoms. The minimum absolute atomic E-state index is 0.182. The summed E-state index contributed by atoms with van der Waals surface area (Å²) in [6.07, 6.45) is 4.91. The van der Waals surface area contributed by atoms with Crippen molar-refractivity contribution in [3.63, 3.8) is 0 Å². The number of rotatable bonds is 3. The van der Waals surface area contributed by atoms with Crippen molar-refractivity contribution in [2.75, 3.05) is 5.32 Å². The average Bonchev–Trinajstić information content (AvgIpc) is 3.20. The van der Waals surface area contributed by atoms with E-state index in [0.29, 0.717) is 33.5 Å². The van der Waals surface area contributed by atoms with Crippen molar-refractivity contribution in [3.8, 4) is 0 Å². The summed E-state index contributed by atoms with van der Waals surface area (Å²) in [5.41, 5.74) is 3.22. The molecule has 0 atom stereocenters. The number of amides is 1. The lowest BCUT2D eigenvalue weighted by Gasteiger charge is -2.11. The third kappa shape index (κ3) is 3.51. The number of carbonyl (C=O) groups excluding carboxylic acids is 1. The molecule has 4 rings (SSSR count). The molecule has 0 fully saturated rings. The van der Waals surface area contributed by atoms with E-state index in [1.165, 1.54) is 6.08 Å². The molecule has 0 saturated heterocycles. The first-order valence-electron chi connectivity index (χ1n) is 8.84. The molecule has 1 amide bonds. The van der Waals surface area contributed by atoms with Crippen LogP contribution in [0.15, 0.2) is 53.1 Å². The highest BCUT2D eigenvalue weighted by Gasteiger charge is 2.21. The van der Waals surface area contributed by atoms with E-state index in [2.05, 4.69) is 15.3 Å². The number of pyridine rings is 1. The highest BCUT2D eigenvalue weighted by atomic mass is 35.5. The third-order valence-electron chi connectivity index (χ3n) is 4.21. The molecule has 7 heteroatoms. The predicted octanol–water partition coefficient (Wildman–Crippen LogP) is 5.08. The van der Waals surface area contributed by atoms with Crippen LogP contribution in [0.25, 0.3) is 22.8 Å². The van der Waals surface area contributed by atoms with Gasteiger partial charge in [-0.2, -0.15) is 0 Å². The molecular weight excluding hydrogens is 376 g/mol. The van der Waals surface area contributed by atoms with E-state index in [9.17, 15) is 4.79 Å². The van der Waals surface area contributed by atoms with Crippen molar-refractivity contribution >= 4 is 46.0 Å². The summed E-state index contributed by atoms with van der Waals surface area (Å²) in [6, 6.07) is 11.0. The minimum atomic E-state index is -0.277. The second kappa shape index (κ2) is 6.80. The third-order valence-corrected chi connectivity index (χ3v) is 4.49. The van der Waals surface area contributed by atoms with Gasteiger partial charge >= 0.3 is 0 Å². The number of imidazole rings is 1. The molecule has 0 radical (unpaired) electrons. The molecular formula is C21H19ClN4O2. The maximum absolute atomic E-state index is 12.3. The highest BCUT2D eigenvalue weighted by molar-refractivity contribution is 6.31. The molecule has 4 aromatic rings. The molecule has 0 aliphatic carbocycles. The van der Waals surface area contributed by atoms with Gasteiger partial charge in [0.15, 0.2) is 10.7 Å². The summed E-state index contributed by atoms with van der Waals surface area (Å²) in [5.74, 6) is 0.383. The Bertz CT molecular complexity index is 1210. The van der Waals surface area contributed by atoms with Crippen LogP contribution in [-0.2, 0) is 10.2 Å². The van der Waals surface area contributed by atoms with Gasteiger partial charge in [0.1, 0.15) is 11.2 Å². The fraction of sp³-hybridized carbons (Fsp3) is 0.190. The Kier molecular flexibility index (Phi) is 4.43. The summed E-state index contributed by atoms with van der Waals surface area (Å²) in [5, 5.41) is 3.17. The second-order valence-electron chi connectivity index (χ2n) is 7.49. The number of fused-ring (bicyclic) bond motifs is 2. The lowest BCUT2D eigenvalue weighted by molar-refractivity contribution is -0.111. The molecule has 1 N–H and O–H groups in total. The van der Waals surface area contributed by atoms with Crippen LogP contribution in [0.1, 0.15) is 32.4 Å². The van der Waals surface area contributed by atoms with Crippen LogP contribution in [0.4, 0.5) is 5.69 Å². The van der Waals surface area contributed by atoms with Gasteiger partial charge in [-0.1, -0.05) is 38.4 Å². The van der Waals surface area contributed by atoms with Gasteiger partial charge in [0.05, 0.1) is 5.69 Å². The Morgan fingerprint density at radius 2 is 2.04 bits per heavy atom. The van der Waals surface area contributed by atoms with Gasteiger partial charge in [-0.3, -0.25) is 9.20 Å². The summed E-state index contributed by atoms with van der Waals surface area (Å²) < 4.78 is 7.60. The maximum atomic E-state index is 12.3. The van der Waals surface area contributed by atoms with Gasteiger partial charge in [0, 0.05) is 23.4 Å². The highest BCUT2D eigenvalue weighted by Crippen LogP contribution is 2.27. The molecule has 0 aliphatic rings. The van der Waals surface area contributed by atoms with Gasteiger partial charge in [-0.05, 0) is 36.4 Å². The molecule has 6 nitrogen and oxygen atoms in total. The lowest BCUT2D eigenvalue weighted by Crippen LogP contribution is -2.11. The number of halogens is 1. The smallest absolute Gasteiger partial charge is 0.248 e. The Hall–Kier alpha value is -3.12. The SMILES string of the molecule is CC(C)(C)c1nc2cc(NC(=O)C=Cc3c(Cl)nc4ccccn34)ccc2o1. The minimum Gasteiger partial charge on any atom is -0.440 e. The predicted molar refractivity (Wildman–Crippen MR) is 111 cm³/mol. The number of hydrogen-bond donors (Lipinski definition) is 1. The second-order valence-corrected chi connectivity index (χ2v) is 7.85. The van der Waals surface area contributed by atoms with E-state index < -0.39 is 0 Å². The molecule has 1 aromatic carbocycles. The van der Waals surface area contributed by atoms with Crippen molar-refractivity contribution in [2.24, 2.45) is 0 Å². The number of nitrogens with one attached hydrogen (secondary N) is 1. The Balaban J connectivity index is 1.54. The first-order valence-corrected chi connectivity index (χ1v) is 9.22. The Morgan fingerprint density at radius 3 is 2.82 bits per heavy atom. The molecule has 3 heterocycles. The zero-order valence-electron chi connectivity index (χ0n) is 15.7. The number of nitrogens with zero attached hydrogens (tertiary/aromatic N) is 3. The van der Waals surface area contributed by atoms with Crippen LogP contribution >= 0.6 is 11.6 Å². The van der Waals surface area contributed by atoms with Crippen LogP contribution in [0.5, 0.6) is 0 Å². The van der Waals surface area contributed by atoms with E-state index >= 15 is 0 Å². The van der Waals surface area contributed by atoms with Gasteiger partial charge in [0.25, 0.3) is 0 Å². The van der Waals surface area contributed by atoms with E-state index in [0.717, 1.165) is 5.65 Å². The quantitative estimate of drug-likeness (QED) is 0.492. The number of aromatic nitrogens is 3. The maximum Gasteiger partial charge on any atom is 0.248 e. The van der Waals surface area contributed by atoms with Gasteiger partial charge in [-0.25, -0.2) is 9.97 Å². The largest absolute Gasteiger partial charge is 0.440 e. The van der Waals surface area contributed by atoms with Crippen molar-refractivity contribution in [3.05, 3.63) is 65.4 Å². The fourth-order valence-corrected chi connectivity index (χ4v) is 3.04. The monoisotopic (exact) mass is 394 g/mol. The zero-order valence-corrected chi connectivity index (χ0v) is 16.5. The van der Waals surface area contributed by atoms with Crippen LogP contribution < -0.4 is 5.32 Å². The summed E-state index contributed by atoms with van der Waals surface area (Å²) >= 11 is 6.18. The average molecular weight is 395 g/mol. The van der Waals surface area contributed by atoms with E-state index in [4.69, 9.17) is 16.0 Å².